The standard InChI is InChI=1S/C30H22BrClFN3O3S/c31-21-12-13-26(25(33)16-21)35-28(37)18-40-24-11-5-10-23(17-24)34-30(39)27(15-19-6-4-9-22(32)14-19)36-29(38)20-7-2-1-3-8-20/h1-17H,18H2,(H,34,39)(H,35,37)(H,36,38)/b27-15-. The number of carbonyl (C=O) groups is 3. The molecule has 0 unspecified atom stereocenters. The first-order valence-corrected chi connectivity index (χ1v) is 14.1. The number of benzene rings is 4. The molecule has 6 nitrogen and oxygen atoms in total. The lowest BCUT2D eigenvalue weighted by atomic mass is 10.1. The first-order chi connectivity index (χ1) is 19.3. The van der Waals surface area contributed by atoms with Crippen LogP contribution in [-0.2, 0) is 9.59 Å². The van der Waals surface area contributed by atoms with Crippen molar-refractivity contribution in [1.29, 1.82) is 0 Å². The summed E-state index contributed by atoms with van der Waals surface area (Å²) in [6.07, 6.45) is 1.53. The van der Waals surface area contributed by atoms with Crippen molar-refractivity contribution in [2.75, 3.05) is 16.4 Å². The smallest absolute Gasteiger partial charge is 0.272 e. The number of hydrogen-bond acceptors (Lipinski definition) is 4. The van der Waals surface area contributed by atoms with Gasteiger partial charge < -0.3 is 16.0 Å². The number of hydrogen-bond donors (Lipinski definition) is 3. The van der Waals surface area contributed by atoms with Crippen molar-refractivity contribution in [1.82, 2.24) is 5.32 Å². The van der Waals surface area contributed by atoms with Crippen molar-refractivity contribution in [2.45, 2.75) is 4.90 Å². The van der Waals surface area contributed by atoms with Crippen molar-refractivity contribution in [3.05, 3.63) is 129 Å². The van der Waals surface area contributed by atoms with E-state index in [1.165, 1.54) is 30.0 Å². The molecule has 0 saturated carbocycles. The summed E-state index contributed by atoms with van der Waals surface area (Å²) < 4.78 is 14.6. The van der Waals surface area contributed by atoms with Crippen molar-refractivity contribution >= 4 is 74.5 Å². The minimum Gasteiger partial charge on any atom is -0.323 e. The van der Waals surface area contributed by atoms with Crippen LogP contribution >= 0.6 is 39.3 Å². The minimum atomic E-state index is -0.546. The number of amides is 3. The van der Waals surface area contributed by atoms with Crippen LogP contribution < -0.4 is 16.0 Å². The molecule has 0 aliphatic heterocycles. The van der Waals surface area contributed by atoms with Crippen molar-refractivity contribution < 1.29 is 18.8 Å². The molecule has 0 fully saturated rings. The number of anilines is 2. The van der Waals surface area contributed by atoms with E-state index in [9.17, 15) is 18.8 Å². The Hall–Kier alpha value is -3.92. The van der Waals surface area contributed by atoms with Crippen LogP contribution in [0.4, 0.5) is 15.8 Å². The van der Waals surface area contributed by atoms with E-state index < -0.39 is 17.6 Å². The number of thioether (sulfide) groups is 1. The first kappa shape index (κ1) is 29.1. The number of rotatable bonds is 9. The molecule has 0 radical (unpaired) electrons. The van der Waals surface area contributed by atoms with Crippen LogP contribution in [0, 0.1) is 5.82 Å². The van der Waals surface area contributed by atoms with Gasteiger partial charge in [-0.2, -0.15) is 0 Å². The van der Waals surface area contributed by atoms with Gasteiger partial charge in [-0.1, -0.05) is 63.9 Å². The normalized spacial score (nSPS) is 11.0. The predicted molar refractivity (Wildman–Crippen MR) is 162 cm³/mol. The number of nitrogens with one attached hydrogen (secondary N) is 3. The third-order valence-corrected chi connectivity index (χ3v) is 7.08. The van der Waals surface area contributed by atoms with Gasteiger partial charge in [0.1, 0.15) is 11.5 Å². The average Bonchev–Trinajstić information content (AvgIpc) is 2.94. The minimum absolute atomic E-state index is 0.0186. The molecule has 10 heteroatoms. The van der Waals surface area contributed by atoms with Gasteiger partial charge in [0.15, 0.2) is 0 Å². The maximum atomic E-state index is 14.0. The van der Waals surface area contributed by atoms with Gasteiger partial charge in [-0.15, -0.1) is 11.8 Å². The van der Waals surface area contributed by atoms with Gasteiger partial charge in [-0.25, -0.2) is 4.39 Å². The molecule has 40 heavy (non-hydrogen) atoms. The van der Waals surface area contributed by atoms with Gasteiger partial charge >= 0.3 is 0 Å². The summed E-state index contributed by atoms with van der Waals surface area (Å²) in [4.78, 5) is 39.1. The Morgan fingerprint density at radius 3 is 2.40 bits per heavy atom. The highest BCUT2D eigenvalue weighted by Crippen LogP contribution is 2.24. The van der Waals surface area contributed by atoms with Gasteiger partial charge in [0.05, 0.1) is 11.4 Å². The van der Waals surface area contributed by atoms with Crippen molar-refractivity contribution in [3.63, 3.8) is 0 Å². The van der Waals surface area contributed by atoms with E-state index in [4.69, 9.17) is 11.6 Å². The molecule has 0 heterocycles. The zero-order chi connectivity index (χ0) is 28.5. The molecule has 202 valence electrons. The fourth-order valence-corrected chi connectivity index (χ4v) is 4.78. The predicted octanol–water partition coefficient (Wildman–Crippen LogP) is 7.38. The Labute approximate surface area is 248 Å². The Morgan fingerprint density at radius 2 is 1.65 bits per heavy atom. The monoisotopic (exact) mass is 637 g/mol. The quantitative estimate of drug-likeness (QED) is 0.132. The van der Waals surface area contributed by atoms with Gasteiger partial charge in [0, 0.05) is 25.6 Å². The van der Waals surface area contributed by atoms with E-state index >= 15 is 0 Å². The molecular formula is C30H22BrClFN3O3S. The van der Waals surface area contributed by atoms with E-state index in [2.05, 4.69) is 31.9 Å². The van der Waals surface area contributed by atoms with E-state index in [0.29, 0.717) is 31.2 Å². The second kappa shape index (κ2) is 13.9. The van der Waals surface area contributed by atoms with E-state index in [1.54, 1.807) is 84.9 Å². The Bertz CT molecular complexity index is 1580. The molecule has 0 saturated heterocycles. The van der Waals surface area contributed by atoms with E-state index in [0.717, 1.165) is 0 Å². The maximum Gasteiger partial charge on any atom is 0.272 e. The molecule has 0 aliphatic rings. The zero-order valence-electron chi connectivity index (χ0n) is 20.8. The summed E-state index contributed by atoms with van der Waals surface area (Å²) in [6.45, 7) is 0. The van der Waals surface area contributed by atoms with Crippen LogP contribution in [0.1, 0.15) is 15.9 Å². The molecule has 0 bridgehead atoms. The molecule has 4 rings (SSSR count). The van der Waals surface area contributed by atoms with Crippen LogP contribution in [-0.4, -0.2) is 23.5 Å². The summed E-state index contributed by atoms with van der Waals surface area (Å²) in [5, 5.41) is 8.51. The molecule has 4 aromatic carbocycles. The lowest BCUT2D eigenvalue weighted by molar-refractivity contribution is -0.114. The number of carbonyl (C=O) groups excluding carboxylic acids is 3. The summed E-state index contributed by atoms with van der Waals surface area (Å²) in [5.41, 5.74) is 1.59. The summed E-state index contributed by atoms with van der Waals surface area (Å²) in [5.74, 6) is -1.88. The highest BCUT2D eigenvalue weighted by atomic mass is 79.9. The fourth-order valence-electron chi connectivity index (χ4n) is 3.49. The molecular weight excluding hydrogens is 617 g/mol. The first-order valence-electron chi connectivity index (χ1n) is 11.9. The second-order valence-corrected chi connectivity index (χ2v) is 10.8. The molecule has 0 atom stereocenters. The zero-order valence-corrected chi connectivity index (χ0v) is 23.9. The Morgan fingerprint density at radius 1 is 0.875 bits per heavy atom. The fraction of sp³-hybridized carbons (Fsp3) is 0.0333. The SMILES string of the molecule is O=C(CSc1cccc(NC(=O)/C(=C/c2cccc(Cl)c2)NC(=O)c2ccccc2)c1)Nc1ccc(Br)cc1F. The molecule has 0 spiro atoms. The van der Waals surface area contributed by atoms with E-state index in [-0.39, 0.29) is 23.0 Å². The molecule has 0 aliphatic carbocycles. The highest BCUT2D eigenvalue weighted by molar-refractivity contribution is 9.10. The summed E-state index contributed by atoms with van der Waals surface area (Å²) in [7, 11) is 0. The summed E-state index contributed by atoms with van der Waals surface area (Å²) >= 11 is 10.5. The maximum absolute atomic E-state index is 14.0. The molecule has 3 N–H and O–H groups in total. The van der Waals surface area contributed by atoms with Crippen molar-refractivity contribution in [3.8, 4) is 0 Å². The van der Waals surface area contributed by atoms with Gasteiger partial charge in [-0.3, -0.25) is 14.4 Å². The molecule has 3 amide bonds. The van der Waals surface area contributed by atoms with Crippen LogP contribution in [0.5, 0.6) is 0 Å². The van der Waals surface area contributed by atoms with Gasteiger partial charge in [-0.05, 0) is 72.3 Å². The van der Waals surface area contributed by atoms with Gasteiger partial charge in [0.25, 0.3) is 11.8 Å². The lowest BCUT2D eigenvalue weighted by Crippen LogP contribution is -2.30. The van der Waals surface area contributed by atoms with Crippen LogP contribution in [0.25, 0.3) is 6.08 Å². The highest BCUT2D eigenvalue weighted by Gasteiger charge is 2.16. The Balaban J connectivity index is 1.45. The average molecular weight is 639 g/mol. The molecule has 0 aromatic heterocycles. The van der Waals surface area contributed by atoms with Crippen LogP contribution in [0.3, 0.4) is 0 Å². The van der Waals surface area contributed by atoms with E-state index in [1.807, 2.05) is 0 Å². The third kappa shape index (κ3) is 8.54. The Kier molecular flexibility index (Phi) is 10.1. The van der Waals surface area contributed by atoms with Crippen LogP contribution in [0.15, 0.2) is 112 Å². The van der Waals surface area contributed by atoms with Crippen LogP contribution in [0.2, 0.25) is 5.02 Å². The summed E-state index contributed by atoms with van der Waals surface area (Å²) in [6, 6.07) is 26.7. The topological polar surface area (TPSA) is 87.3 Å². The lowest BCUT2D eigenvalue weighted by Gasteiger charge is -2.12. The van der Waals surface area contributed by atoms with Gasteiger partial charge in [0.2, 0.25) is 5.91 Å². The number of halogens is 3. The second-order valence-electron chi connectivity index (χ2n) is 8.38. The van der Waals surface area contributed by atoms with Crippen molar-refractivity contribution in [2.24, 2.45) is 0 Å². The molecule has 4 aromatic rings. The third-order valence-electron chi connectivity index (χ3n) is 5.36. The largest absolute Gasteiger partial charge is 0.323 e.